The highest BCUT2D eigenvalue weighted by Crippen LogP contribution is 2.24. The molecule has 0 amide bonds. The molecule has 4 aromatic rings. The first kappa shape index (κ1) is 21.2. The van der Waals surface area contributed by atoms with Crippen molar-refractivity contribution in [1.29, 1.82) is 0 Å². The maximum atomic E-state index is 13.5. The second-order valence-corrected chi connectivity index (χ2v) is 7.00. The van der Waals surface area contributed by atoms with E-state index in [0.29, 0.717) is 31.0 Å². The summed E-state index contributed by atoms with van der Waals surface area (Å²) in [6.07, 6.45) is 5.03. The summed E-state index contributed by atoms with van der Waals surface area (Å²) in [4.78, 5) is 13.3. The Morgan fingerprint density at radius 3 is 2.97 bits per heavy atom. The summed E-state index contributed by atoms with van der Waals surface area (Å²) in [5.74, 6) is 0.451. The van der Waals surface area contributed by atoms with Gasteiger partial charge < -0.3 is 21.0 Å². The van der Waals surface area contributed by atoms with E-state index in [9.17, 15) is 4.39 Å². The second-order valence-electron chi connectivity index (χ2n) is 7.00. The van der Waals surface area contributed by atoms with Crippen molar-refractivity contribution in [3.05, 3.63) is 71.9 Å². The van der Waals surface area contributed by atoms with Crippen LogP contribution < -0.4 is 11.1 Å². The van der Waals surface area contributed by atoms with Crippen LogP contribution in [0, 0.1) is 5.82 Å². The number of halogens is 1. The van der Waals surface area contributed by atoms with Crippen molar-refractivity contribution in [3.8, 4) is 0 Å². The molecule has 2 aromatic heterocycles. The number of anilines is 3. The standard InChI is InChI=1S/C22H22FN7O2/c23-17-4-1-3-15(9-17)13-30-20-6-5-18(10-16(20)11-27-30)29-22-19(21(24)25-14-26-22)12-28-32-8-2-7-31/h1,3-6,9-12,14,31H,2,7-8,13H2,(H3,24,25,26,29)/b28-12+. The molecular weight excluding hydrogens is 413 g/mol. The van der Waals surface area contributed by atoms with Gasteiger partial charge in [-0.05, 0) is 35.9 Å². The van der Waals surface area contributed by atoms with Crippen LogP contribution in [-0.2, 0) is 11.4 Å². The van der Waals surface area contributed by atoms with Gasteiger partial charge in [-0.1, -0.05) is 17.3 Å². The quantitative estimate of drug-likeness (QED) is 0.210. The van der Waals surface area contributed by atoms with Gasteiger partial charge in [-0.15, -0.1) is 0 Å². The molecule has 0 radical (unpaired) electrons. The highest BCUT2D eigenvalue weighted by atomic mass is 19.1. The molecule has 0 spiro atoms. The zero-order valence-corrected chi connectivity index (χ0v) is 17.1. The molecule has 9 nitrogen and oxygen atoms in total. The first-order valence-corrected chi connectivity index (χ1v) is 9.98. The number of aliphatic hydroxyl groups excluding tert-OH is 1. The van der Waals surface area contributed by atoms with Crippen LogP contribution >= 0.6 is 0 Å². The van der Waals surface area contributed by atoms with Crippen molar-refractivity contribution < 1.29 is 14.3 Å². The third kappa shape index (κ3) is 4.98. The fraction of sp³-hybridized carbons (Fsp3) is 0.182. The molecule has 0 saturated carbocycles. The highest BCUT2D eigenvalue weighted by Gasteiger charge is 2.10. The average Bonchev–Trinajstić information content (AvgIpc) is 3.17. The Kier molecular flexibility index (Phi) is 6.52. The maximum Gasteiger partial charge on any atom is 0.144 e. The number of hydrogen-bond acceptors (Lipinski definition) is 8. The largest absolute Gasteiger partial charge is 0.396 e. The van der Waals surface area contributed by atoms with Crippen molar-refractivity contribution in [2.24, 2.45) is 5.16 Å². The van der Waals surface area contributed by atoms with Crippen LogP contribution in [0.1, 0.15) is 17.5 Å². The minimum atomic E-state index is -0.271. The Balaban J connectivity index is 1.53. The van der Waals surface area contributed by atoms with E-state index in [1.807, 2.05) is 28.9 Å². The van der Waals surface area contributed by atoms with Crippen LogP contribution in [0.25, 0.3) is 10.9 Å². The van der Waals surface area contributed by atoms with E-state index in [0.717, 1.165) is 22.2 Å². The SMILES string of the molecule is Nc1ncnc(Nc2ccc3c(cnn3Cc3cccc(F)c3)c2)c1/C=N/OCCCO. The van der Waals surface area contributed by atoms with Crippen molar-refractivity contribution in [1.82, 2.24) is 19.7 Å². The fourth-order valence-corrected chi connectivity index (χ4v) is 3.14. The van der Waals surface area contributed by atoms with Crippen LogP contribution in [-0.4, -0.2) is 44.3 Å². The van der Waals surface area contributed by atoms with Crippen LogP contribution in [0.3, 0.4) is 0 Å². The minimum absolute atomic E-state index is 0.0280. The molecule has 2 aromatic carbocycles. The van der Waals surface area contributed by atoms with Crippen LogP contribution in [0.5, 0.6) is 0 Å². The first-order valence-electron chi connectivity index (χ1n) is 9.98. The maximum absolute atomic E-state index is 13.5. The molecule has 0 fully saturated rings. The summed E-state index contributed by atoms with van der Waals surface area (Å²) in [6.45, 7) is 0.785. The van der Waals surface area contributed by atoms with E-state index < -0.39 is 0 Å². The fourth-order valence-electron chi connectivity index (χ4n) is 3.14. The lowest BCUT2D eigenvalue weighted by Gasteiger charge is -2.10. The third-order valence-electron chi connectivity index (χ3n) is 4.69. The molecule has 10 heteroatoms. The Morgan fingerprint density at radius 1 is 1.22 bits per heavy atom. The van der Waals surface area contributed by atoms with E-state index in [4.69, 9.17) is 15.7 Å². The number of benzene rings is 2. The smallest absolute Gasteiger partial charge is 0.144 e. The number of aliphatic hydroxyl groups is 1. The molecule has 164 valence electrons. The van der Waals surface area contributed by atoms with Gasteiger partial charge in [-0.2, -0.15) is 5.10 Å². The summed E-state index contributed by atoms with van der Waals surface area (Å²) in [6, 6.07) is 12.2. The van der Waals surface area contributed by atoms with E-state index in [1.54, 1.807) is 12.3 Å². The number of rotatable bonds is 9. The third-order valence-corrected chi connectivity index (χ3v) is 4.69. The summed E-state index contributed by atoms with van der Waals surface area (Å²) >= 11 is 0. The predicted octanol–water partition coefficient (Wildman–Crippen LogP) is 3.07. The molecule has 4 N–H and O–H groups in total. The number of hydrogen-bond donors (Lipinski definition) is 3. The lowest BCUT2D eigenvalue weighted by molar-refractivity contribution is 0.125. The number of nitrogens with one attached hydrogen (secondary N) is 1. The minimum Gasteiger partial charge on any atom is -0.396 e. The Labute approximate surface area is 183 Å². The van der Waals surface area contributed by atoms with Gasteiger partial charge in [0.1, 0.15) is 30.4 Å². The van der Waals surface area contributed by atoms with E-state index in [1.165, 1.54) is 24.7 Å². The molecule has 0 saturated heterocycles. The van der Waals surface area contributed by atoms with Gasteiger partial charge in [-0.3, -0.25) is 4.68 Å². The molecule has 0 bridgehead atoms. The van der Waals surface area contributed by atoms with Crippen molar-refractivity contribution in [3.63, 3.8) is 0 Å². The van der Waals surface area contributed by atoms with Gasteiger partial charge in [-0.25, -0.2) is 14.4 Å². The van der Waals surface area contributed by atoms with Gasteiger partial charge in [0.15, 0.2) is 0 Å². The Bertz CT molecular complexity index is 1240. The molecule has 2 heterocycles. The zero-order valence-electron chi connectivity index (χ0n) is 17.1. The normalized spacial score (nSPS) is 11.3. The zero-order chi connectivity index (χ0) is 22.3. The van der Waals surface area contributed by atoms with Gasteiger partial charge in [0.2, 0.25) is 0 Å². The lowest BCUT2D eigenvalue weighted by atomic mass is 10.2. The number of fused-ring (bicyclic) bond motifs is 1. The Hall–Kier alpha value is -4.05. The van der Waals surface area contributed by atoms with Gasteiger partial charge >= 0.3 is 0 Å². The van der Waals surface area contributed by atoms with Crippen molar-refractivity contribution in [2.75, 3.05) is 24.3 Å². The number of oxime groups is 1. The van der Waals surface area contributed by atoms with Crippen molar-refractivity contribution in [2.45, 2.75) is 13.0 Å². The van der Waals surface area contributed by atoms with E-state index >= 15 is 0 Å². The highest BCUT2D eigenvalue weighted by molar-refractivity contribution is 5.93. The van der Waals surface area contributed by atoms with Crippen molar-refractivity contribution >= 4 is 34.4 Å². The number of nitrogens with two attached hydrogens (primary N) is 1. The van der Waals surface area contributed by atoms with Gasteiger partial charge in [0, 0.05) is 24.1 Å². The average molecular weight is 435 g/mol. The number of nitrogen functional groups attached to an aromatic ring is 1. The predicted molar refractivity (Wildman–Crippen MR) is 120 cm³/mol. The molecule has 0 aliphatic heterocycles. The summed E-state index contributed by atoms with van der Waals surface area (Å²) < 4.78 is 15.3. The molecule has 0 aliphatic rings. The van der Waals surface area contributed by atoms with Crippen LogP contribution in [0.4, 0.5) is 21.7 Å². The van der Waals surface area contributed by atoms with Crippen LogP contribution in [0.2, 0.25) is 0 Å². The monoisotopic (exact) mass is 435 g/mol. The summed E-state index contributed by atoms with van der Waals surface area (Å²) in [7, 11) is 0. The van der Waals surface area contributed by atoms with Gasteiger partial charge in [0.25, 0.3) is 0 Å². The molecule has 0 unspecified atom stereocenters. The Morgan fingerprint density at radius 2 is 2.12 bits per heavy atom. The lowest BCUT2D eigenvalue weighted by Crippen LogP contribution is -2.05. The molecule has 0 aliphatic carbocycles. The number of aromatic nitrogens is 4. The molecule has 4 rings (SSSR count). The first-order chi connectivity index (χ1) is 15.6. The van der Waals surface area contributed by atoms with Crippen LogP contribution in [0.15, 0.2) is 60.1 Å². The molecule has 0 atom stereocenters. The summed E-state index contributed by atoms with van der Waals surface area (Å²) in [5.41, 5.74) is 8.99. The summed E-state index contributed by atoms with van der Waals surface area (Å²) in [5, 5.41) is 21.2. The van der Waals surface area contributed by atoms with E-state index in [2.05, 4.69) is 25.5 Å². The molecule has 32 heavy (non-hydrogen) atoms. The van der Waals surface area contributed by atoms with E-state index in [-0.39, 0.29) is 18.2 Å². The second kappa shape index (κ2) is 9.84. The molecular formula is C22H22FN7O2. The number of nitrogens with zero attached hydrogens (tertiary/aromatic N) is 5. The topological polar surface area (TPSA) is 123 Å². The van der Waals surface area contributed by atoms with Gasteiger partial charge in [0.05, 0.1) is 30.0 Å².